The molecule has 0 aliphatic carbocycles. The molecule has 2 nitrogen and oxygen atoms in total. The molecule has 1 atom stereocenters. The van der Waals surface area contributed by atoms with Crippen LogP contribution in [-0.2, 0) is 5.41 Å². The Morgan fingerprint density at radius 2 is 2.10 bits per heavy atom. The van der Waals surface area contributed by atoms with Crippen molar-refractivity contribution in [2.45, 2.75) is 32.3 Å². The lowest BCUT2D eigenvalue weighted by Crippen LogP contribution is -2.18. The van der Waals surface area contributed by atoms with Crippen molar-refractivity contribution < 1.29 is 9.84 Å². The number of halogens is 1. The monoisotopic (exact) mass is 352 g/mol. The first-order valence-corrected chi connectivity index (χ1v) is 8.20. The second-order valence-electron chi connectivity index (χ2n) is 5.94. The molecule has 0 spiro atoms. The van der Waals surface area contributed by atoms with Gasteiger partial charge in [-0.2, -0.15) is 0 Å². The molecule has 1 unspecified atom stereocenters. The van der Waals surface area contributed by atoms with Crippen LogP contribution in [0.2, 0.25) is 0 Å². The Morgan fingerprint density at radius 1 is 1.35 bits per heavy atom. The summed E-state index contributed by atoms with van der Waals surface area (Å²) < 4.78 is 6.77. The summed E-state index contributed by atoms with van der Waals surface area (Å²) in [5.74, 6) is 0.939. The molecule has 2 aromatic rings. The summed E-state index contributed by atoms with van der Waals surface area (Å²) in [7, 11) is 0. The molecule has 0 amide bonds. The number of aliphatic hydroxyl groups excluding tert-OH is 1. The third kappa shape index (κ3) is 2.30. The molecule has 106 valence electrons. The first kappa shape index (κ1) is 14.1. The smallest absolute Gasteiger partial charge is 0.123 e. The zero-order valence-corrected chi connectivity index (χ0v) is 14.1. The van der Waals surface area contributed by atoms with Gasteiger partial charge < -0.3 is 9.84 Å². The van der Waals surface area contributed by atoms with Crippen LogP contribution in [-0.4, -0.2) is 11.7 Å². The van der Waals surface area contributed by atoms with Crippen molar-refractivity contribution in [3.63, 3.8) is 0 Å². The zero-order valence-electron chi connectivity index (χ0n) is 11.7. The van der Waals surface area contributed by atoms with Crippen molar-refractivity contribution in [3.05, 3.63) is 49.6 Å². The lowest BCUT2D eigenvalue weighted by atomic mass is 9.85. The van der Waals surface area contributed by atoms with Gasteiger partial charge in [0.05, 0.1) is 10.4 Å². The van der Waals surface area contributed by atoms with E-state index in [0.717, 1.165) is 25.5 Å². The van der Waals surface area contributed by atoms with Crippen LogP contribution in [0.1, 0.15) is 41.5 Å². The second-order valence-corrected chi connectivity index (χ2v) is 8.34. The fourth-order valence-electron chi connectivity index (χ4n) is 2.49. The fraction of sp³-hybridized carbons (Fsp3) is 0.375. The van der Waals surface area contributed by atoms with Gasteiger partial charge >= 0.3 is 0 Å². The summed E-state index contributed by atoms with van der Waals surface area (Å²) in [5, 5.41) is 10.6. The Bertz CT molecular complexity index is 641. The first-order valence-electron chi connectivity index (χ1n) is 6.59. The van der Waals surface area contributed by atoms with Gasteiger partial charge in [0.15, 0.2) is 0 Å². The van der Waals surface area contributed by atoms with Gasteiger partial charge in [-0.3, -0.25) is 0 Å². The van der Waals surface area contributed by atoms with Crippen molar-refractivity contribution in [1.29, 1.82) is 0 Å². The molecule has 2 heterocycles. The van der Waals surface area contributed by atoms with E-state index in [9.17, 15) is 5.11 Å². The number of hydrogen-bond donors (Lipinski definition) is 1. The SMILES string of the molecule is Cc1cc(C(O)c2ccc3c(c2)C(C)(C)CO3)sc1Br. The van der Waals surface area contributed by atoms with E-state index in [1.54, 1.807) is 11.3 Å². The van der Waals surface area contributed by atoms with Crippen molar-refractivity contribution >= 4 is 27.3 Å². The highest BCUT2D eigenvalue weighted by Gasteiger charge is 2.32. The highest BCUT2D eigenvalue weighted by Crippen LogP contribution is 2.41. The van der Waals surface area contributed by atoms with E-state index in [2.05, 4.69) is 35.8 Å². The average molecular weight is 353 g/mol. The van der Waals surface area contributed by atoms with Gasteiger partial charge in [0.2, 0.25) is 0 Å². The zero-order chi connectivity index (χ0) is 14.5. The molecule has 0 radical (unpaired) electrons. The molecule has 4 heteroatoms. The minimum absolute atomic E-state index is 0.0109. The highest BCUT2D eigenvalue weighted by atomic mass is 79.9. The van der Waals surface area contributed by atoms with E-state index in [4.69, 9.17) is 4.74 Å². The summed E-state index contributed by atoms with van der Waals surface area (Å²) in [4.78, 5) is 0.964. The van der Waals surface area contributed by atoms with E-state index in [0.29, 0.717) is 6.61 Å². The quantitative estimate of drug-likeness (QED) is 0.857. The Balaban J connectivity index is 1.99. The largest absolute Gasteiger partial charge is 0.492 e. The van der Waals surface area contributed by atoms with Gasteiger partial charge in [-0.15, -0.1) is 11.3 Å². The summed E-state index contributed by atoms with van der Waals surface area (Å²) in [6, 6.07) is 8.04. The summed E-state index contributed by atoms with van der Waals surface area (Å²) in [6.45, 7) is 7.07. The van der Waals surface area contributed by atoms with Crippen LogP contribution in [0.3, 0.4) is 0 Å². The number of hydrogen-bond acceptors (Lipinski definition) is 3. The number of fused-ring (bicyclic) bond motifs is 1. The highest BCUT2D eigenvalue weighted by molar-refractivity contribution is 9.11. The van der Waals surface area contributed by atoms with Gasteiger partial charge in [-0.05, 0) is 52.2 Å². The molecular weight excluding hydrogens is 336 g/mol. The molecule has 20 heavy (non-hydrogen) atoms. The molecule has 1 aromatic carbocycles. The van der Waals surface area contributed by atoms with Crippen LogP contribution in [0.5, 0.6) is 5.75 Å². The summed E-state index contributed by atoms with van der Waals surface area (Å²) in [6.07, 6.45) is -0.577. The molecule has 0 bridgehead atoms. The number of ether oxygens (including phenoxy) is 1. The van der Waals surface area contributed by atoms with Gasteiger partial charge in [0.25, 0.3) is 0 Å². The number of benzene rings is 1. The standard InChI is InChI=1S/C16H17BrO2S/c1-9-6-13(20-15(9)17)14(18)10-4-5-12-11(7-10)16(2,3)8-19-12/h4-7,14,18H,8H2,1-3H3. The maximum absolute atomic E-state index is 10.6. The predicted octanol–water partition coefficient (Wildman–Crippen LogP) is 4.57. The number of aryl methyl sites for hydroxylation is 1. The van der Waals surface area contributed by atoms with Gasteiger partial charge in [0.1, 0.15) is 11.9 Å². The molecule has 1 aliphatic heterocycles. The topological polar surface area (TPSA) is 29.5 Å². The van der Waals surface area contributed by atoms with Crippen LogP contribution >= 0.6 is 27.3 Å². The normalized spacial score (nSPS) is 17.6. The summed E-state index contributed by atoms with van der Waals surface area (Å²) in [5.41, 5.74) is 3.28. The number of thiophene rings is 1. The van der Waals surface area contributed by atoms with Gasteiger partial charge in [-0.1, -0.05) is 19.9 Å². The van der Waals surface area contributed by atoms with Crippen molar-refractivity contribution in [2.75, 3.05) is 6.61 Å². The first-order chi connectivity index (χ1) is 9.38. The summed E-state index contributed by atoms with van der Waals surface area (Å²) >= 11 is 5.10. The average Bonchev–Trinajstić information content (AvgIpc) is 2.90. The third-order valence-corrected chi connectivity index (χ3v) is 5.97. The van der Waals surface area contributed by atoms with Crippen LogP contribution in [0.25, 0.3) is 0 Å². The van der Waals surface area contributed by atoms with Crippen molar-refractivity contribution in [1.82, 2.24) is 0 Å². The van der Waals surface area contributed by atoms with Gasteiger partial charge in [0, 0.05) is 15.9 Å². The maximum Gasteiger partial charge on any atom is 0.123 e. The maximum atomic E-state index is 10.6. The third-order valence-electron chi connectivity index (χ3n) is 3.78. The Morgan fingerprint density at radius 3 is 2.75 bits per heavy atom. The predicted molar refractivity (Wildman–Crippen MR) is 85.8 cm³/mol. The van der Waals surface area contributed by atoms with Crippen molar-refractivity contribution in [2.24, 2.45) is 0 Å². The molecule has 0 fully saturated rings. The number of rotatable bonds is 2. The second kappa shape index (κ2) is 4.86. The van der Waals surface area contributed by atoms with E-state index in [1.807, 2.05) is 25.1 Å². The Kier molecular flexibility index (Phi) is 3.43. The van der Waals surface area contributed by atoms with E-state index in [1.165, 1.54) is 5.56 Å². The van der Waals surface area contributed by atoms with E-state index in [-0.39, 0.29) is 5.41 Å². The minimum Gasteiger partial charge on any atom is -0.492 e. The van der Waals surface area contributed by atoms with Crippen LogP contribution < -0.4 is 4.74 Å². The van der Waals surface area contributed by atoms with E-state index >= 15 is 0 Å². The van der Waals surface area contributed by atoms with Gasteiger partial charge in [-0.25, -0.2) is 0 Å². The molecule has 0 saturated heterocycles. The van der Waals surface area contributed by atoms with Crippen LogP contribution in [0, 0.1) is 6.92 Å². The van der Waals surface area contributed by atoms with Crippen LogP contribution in [0.4, 0.5) is 0 Å². The Labute approximate surface area is 131 Å². The molecule has 0 saturated carbocycles. The van der Waals surface area contributed by atoms with E-state index < -0.39 is 6.10 Å². The molecule has 3 rings (SSSR count). The fourth-order valence-corrected chi connectivity index (χ4v) is 4.08. The van der Waals surface area contributed by atoms with Crippen molar-refractivity contribution in [3.8, 4) is 5.75 Å². The lowest BCUT2D eigenvalue weighted by Gasteiger charge is -2.17. The number of aliphatic hydroxyl groups is 1. The minimum atomic E-state index is -0.577. The lowest BCUT2D eigenvalue weighted by molar-refractivity contribution is 0.224. The molecular formula is C16H17BrO2S. The molecule has 1 aromatic heterocycles. The molecule has 1 N–H and O–H groups in total. The molecule has 1 aliphatic rings. The Hall–Kier alpha value is -0.840. The van der Waals surface area contributed by atoms with Crippen LogP contribution in [0.15, 0.2) is 28.1 Å².